The summed E-state index contributed by atoms with van der Waals surface area (Å²) in [6, 6.07) is 0. The molecule has 0 bridgehead atoms. The first-order valence-corrected chi connectivity index (χ1v) is 10.6. The summed E-state index contributed by atoms with van der Waals surface area (Å²) in [6.45, 7) is 16.6. The van der Waals surface area contributed by atoms with Crippen LogP contribution in [0.4, 0.5) is 0 Å². The zero-order valence-electron chi connectivity index (χ0n) is 14.5. The second-order valence-corrected chi connectivity index (χ2v) is 12.4. The Morgan fingerprint density at radius 2 is 1.26 bits per heavy atom. The lowest BCUT2D eigenvalue weighted by Gasteiger charge is -2.38. The largest absolute Gasteiger partial charge is 0.332 e. The fourth-order valence-corrected chi connectivity index (χ4v) is 8.85. The van der Waals surface area contributed by atoms with Gasteiger partial charge in [-0.2, -0.15) is 0 Å². The molecule has 0 aromatic rings. The Labute approximate surface area is 123 Å². The summed E-state index contributed by atoms with van der Waals surface area (Å²) in [5.41, 5.74) is 2.22. The van der Waals surface area contributed by atoms with E-state index >= 15 is 0 Å². The fraction of sp³-hybridized carbons (Fsp3) is 0.941. The number of rotatable bonds is 10. The van der Waals surface area contributed by atoms with E-state index < -0.39 is 8.24 Å². The van der Waals surface area contributed by atoms with Crippen molar-refractivity contribution in [1.82, 2.24) is 0 Å². The standard InChI is InChI=1S/C17H37NSi/c1-8-9-10-11-12-13-14-18-19(15(2)3,16(4)5)17(6)7/h14-17H,8-13H2,1-7H3/b18-14+. The minimum atomic E-state index is -1.53. The van der Waals surface area contributed by atoms with Crippen LogP contribution >= 0.6 is 0 Å². The molecule has 0 N–H and O–H groups in total. The van der Waals surface area contributed by atoms with Crippen molar-refractivity contribution in [3.8, 4) is 0 Å². The normalized spacial score (nSPS) is 13.4. The highest BCUT2D eigenvalue weighted by Gasteiger charge is 2.42. The number of hydrogen-bond donors (Lipinski definition) is 0. The van der Waals surface area contributed by atoms with Crippen LogP contribution in [-0.2, 0) is 0 Å². The van der Waals surface area contributed by atoms with Gasteiger partial charge in [-0.05, 0) is 35.7 Å². The van der Waals surface area contributed by atoms with Gasteiger partial charge in [0.25, 0.3) is 0 Å². The van der Waals surface area contributed by atoms with Gasteiger partial charge in [0, 0.05) is 0 Å². The van der Waals surface area contributed by atoms with Crippen molar-refractivity contribution < 1.29 is 0 Å². The van der Waals surface area contributed by atoms with Crippen LogP contribution in [0, 0.1) is 0 Å². The third kappa shape index (κ3) is 5.81. The van der Waals surface area contributed by atoms with Gasteiger partial charge in [-0.25, -0.2) is 0 Å². The predicted octanol–water partition coefficient (Wildman–Crippen LogP) is 6.59. The molecule has 0 saturated carbocycles. The molecular formula is C17H37NSi. The second-order valence-electron chi connectivity index (χ2n) is 6.87. The van der Waals surface area contributed by atoms with Gasteiger partial charge in [-0.1, -0.05) is 74.1 Å². The molecule has 0 aromatic heterocycles. The summed E-state index contributed by atoms with van der Waals surface area (Å²) in [4.78, 5) is 0. The highest BCUT2D eigenvalue weighted by atomic mass is 28.3. The van der Waals surface area contributed by atoms with Gasteiger partial charge in [0.1, 0.15) is 0 Å². The summed E-state index contributed by atoms with van der Waals surface area (Å²) in [6.07, 6.45) is 10.3. The highest BCUT2D eigenvalue weighted by molar-refractivity contribution is 6.82. The molecule has 0 spiro atoms. The summed E-state index contributed by atoms with van der Waals surface area (Å²) < 4.78 is 5.19. The van der Waals surface area contributed by atoms with E-state index in [1.54, 1.807) is 0 Å². The lowest BCUT2D eigenvalue weighted by atomic mass is 10.1. The van der Waals surface area contributed by atoms with E-state index in [4.69, 9.17) is 4.66 Å². The van der Waals surface area contributed by atoms with Crippen molar-refractivity contribution in [1.29, 1.82) is 0 Å². The van der Waals surface area contributed by atoms with Gasteiger partial charge in [0.05, 0.1) is 0 Å². The molecule has 0 fully saturated rings. The molecule has 2 heteroatoms. The van der Waals surface area contributed by atoms with Crippen LogP contribution in [0.3, 0.4) is 0 Å². The van der Waals surface area contributed by atoms with Crippen LogP contribution < -0.4 is 0 Å². The van der Waals surface area contributed by atoms with E-state index in [1.807, 2.05) is 0 Å². The highest BCUT2D eigenvalue weighted by Crippen LogP contribution is 2.42. The Bertz CT molecular complexity index is 222. The van der Waals surface area contributed by atoms with Crippen molar-refractivity contribution in [2.24, 2.45) is 4.66 Å². The molecule has 114 valence electrons. The molecule has 0 aliphatic rings. The van der Waals surface area contributed by atoms with Gasteiger partial charge in [-0.15, -0.1) is 0 Å². The number of unbranched alkanes of at least 4 members (excludes halogenated alkanes) is 5. The quantitative estimate of drug-likeness (QED) is 0.243. The average molecular weight is 284 g/mol. The monoisotopic (exact) mass is 283 g/mol. The van der Waals surface area contributed by atoms with Crippen molar-refractivity contribution in [2.45, 2.75) is 104 Å². The molecule has 1 nitrogen and oxygen atoms in total. The van der Waals surface area contributed by atoms with Gasteiger partial charge in [0.15, 0.2) is 8.24 Å². The lowest BCUT2D eigenvalue weighted by molar-refractivity contribution is 0.645. The van der Waals surface area contributed by atoms with E-state index in [2.05, 4.69) is 54.7 Å². The summed E-state index contributed by atoms with van der Waals surface area (Å²) in [5, 5.41) is 0. The van der Waals surface area contributed by atoms with Gasteiger partial charge < -0.3 is 4.66 Å². The molecule has 0 aromatic carbocycles. The molecule has 0 radical (unpaired) electrons. The third-order valence-electron chi connectivity index (χ3n) is 4.53. The Kier molecular flexibility index (Phi) is 9.68. The molecule has 0 rings (SSSR count). The van der Waals surface area contributed by atoms with Gasteiger partial charge in [-0.3, -0.25) is 0 Å². The van der Waals surface area contributed by atoms with Crippen molar-refractivity contribution >= 4 is 14.5 Å². The van der Waals surface area contributed by atoms with Crippen LogP contribution in [-0.4, -0.2) is 14.5 Å². The van der Waals surface area contributed by atoms with Crippen LogP contribution in [0.25, 0.3) is 0 Å². The Hall–Kier alpha value is -0.113. The first-order valence-electron chi connectivity index (χ1n) is 8.43. The number of hydrogen-bond acceptors (Lipinski definition) is 1. The van der Waals surface area contributed by atoms with Gasteiger partial charge in [0.2, 0.25) is 0 Å². The van der Waals surface area contributed by atoms with Crippen LogP contribution in [0.2, 0.25) is 16.6 Å². The lowest BCUT2D eigenvalue weighted by Crippen LogP contribution is -2.42. The maximum atomic E-state index is 5.19. The van der Waals surface area contributed by atoms with E-state index in [0.717, 1.165) is 16.6 Å². The van der Waals surface area contributed by atoms with Crippen LogP contribution in [0.5, 0.6) is 0 Å². The average Bonchev–Trinajstić information content (AvgIpc) is 2.31. The SMILES string of the molecule is CCCCCCC/C=N/[Si](C(C)C)(C(C)C)C(C)C. The Morgan fingerprint density at radius 1 is 0.789 bits per heavy atom. The molecule has 0 unspecified atom stereocenters. The third-order valence-corrected chi connectivity index (χ3v) is 10.7. The molecule has 0 heterocycles. The molecule has 0 amide bonds. The van der Waals surface area contributed by atoms with Gasteiger partial charge >= 0.3 is 0 Å². The summed E-state index contributed by atoms with van der Waals surface area (Å²) >= 11 is 0. The van der Waals surface area contributed by atoms with Crippen molar-refractivity contribution in [2.75, 3.05) is 0 Å². The number of nitrogens with zero attached hydrogens (tertiary/aromatic N) is 1. The molecule has 0 atom stereocenters. The van der Waals surface area contributed by atoms with E-state index in [-0.39, 0.29) is 0 Å². The summed E-state index contributed by atoms with van der Waals surface area (Å²) in [7, 11) is -1.53. The van der Waals surface area contributed by atoms with Crippen molar-refractivity contribution in [3.63, 3.8) is 0 Å². The van der Waals surface area contributed by atoms with Crippen LogP contribution in [0.15, 0.2) is 4.66 Å². The minimum absolute atomic E-state index is 0.740. The summed E-state index contributed by atoms with van der Waals surface area (Å²) in [5.74, 6) is 0. The maximum Gasteiger partial charge on any atom is 0.188 e. The fourth-order valence-electron chi connectivity index (χ4n) is 3.51. The molecule has 0 aliphatic heterocycles. The molecule has 19 heavy (non-hydrogen) atoms. The van der Waals surface area contributed by atoms with E-state index in [1.165, 1.54) is 38.5 Å². The predicted molar refractivity (Wildman–Crippen MR) is 92.9 cm³/mol. The zero-order chi connectivity index (χ0) is 14.9. The first kappa shape index (κ1) is 18.9. The smallest absolute Gasteiger partial charge is 0.188 e. The Balaban J connectivity index is 4.41. The minimum Gasteiger partial charge on any atom is -0.332 e. The second kappa shape index (κ2) is 9.74. The van der Waals surface area contributed by atoms with Crippen LogP contribution in [0.1, 0.15) is 87.0 Å². The van der Waals surface area contributed by atoms with E-state index in [9.17, 15) is 0 Å². The Morgan fingerprint density at radius 3 is 1.68 bits per heavy atom. The van der Waals surface area contributed by atoms with Crippen molar-refractivity contribution in [3.05, 3.63) is 0 Å². The topological polar surface area (TPSA) is 12.4 Å². The molecular weight excluding hydrogens is 246 g/mol. The maximum absolute atomic E-state index is 5.19. The van der Waals surface area contributed by atoms with E-state index in [0.29, 0.717) is 0 Å². The first-order chi connectivity index (χ1) is 8.89. The molecule has 0 saturated heterocycles. The zero-order valence-corrected chi connectivity index (χ0v) is 15.5. The molecule has 0 aliphatic carbocycles.